The number of hydrogen-bond acceptors (Lipinski definition) is 6. The molecular weight excluding hydrogens is 416 g/mol. The summed E-state index contributed by atoms with van der Waals surface area (Å²) in [5.74, 6) is -0.737. The smallest absolute Gasteiger partial charge is 0.325 e. The van der Waals surface area contributed by atoms with Gasteiger partial charge in [-0.1, -0.05) is 17.7 Å². The van der Waals surface area contributed by atoms with Gasteiger partial charge in [0.15, 0.2) is 16.6 Å². The second-order valence-corrected chi connectivity index (χ2v) is 6.82. The van der Waals surface area contributed by atoms with E-state index in [-0.39, 0.29) is 28.9 Å². The normalized spacial score (nSPS) is 15.2. The Morgan fingerprint density at radius 1 is 1.21 bits per heavy atom. The summed E-state index contributed by atoms with van der Waals surface area (Å²) in [6.45, 7) is -0.230. The van der Waals surface area contributed by atoms with E-state index in [1.54, 1.807) is 42.5 Å². The summed E-state index contributed by atoms with van der Waals surface area (Å²) in [5, 5.41) is 10.4. The minimum Gasteiger partial charge on any atom is -0.504 e. The maximum absolute atomic E-state index is 13.2. The van der Waals surface area contributed by atoms with Crippen molar-refractivity contribution in [3.8, 4) is 11.5 Å². The summed E-state index contributed by atoms with van der Waals surface area (Å²) in [5.41, 5.74) is 1.28. The Balaban J connectivity index is 2.06. The molecule has 0 aliphatic carbocycles. The number of phenolic OH excluding ortho intramolecular Hbond substituents is 1. The fourth-order valence-electron chi connectivity index (χ4n) is 2.79. The molecule has 0 unspecified atom stereocenters. The number of aromatic hydroxyl groups is 1. The van der Waals surface area contributed by atoms with Crippen molar-refractivity contribution in [2.24, 2.45) is 0 Å². The van der Waals surface area contributed by atoms with Gasteiger partial charge in [-0.2, -0.15) is 0 Å². The van der Waals surface area contributed by atoms with Crippen molar-refractivity contribution < 1.29 is 24.2 Å². The summed E-state index contributed by atoms with van der Waals surface area (Å²) in [6, 6.07) is 11.2. The van der Waals surface area contributed by atoms with E-state index >= 15 is 0 Å². The van der Waals surface area contributed by atoms with E-state index in [0.717, 1.165) is 0 Å². The number of thiocarbonyl (C=S) groups is 1. The van der Waals surface area contributed by atoms with Crippen LogP contribution in [0.5, 0.6) is 11.5 Å². The molecule has 2 aromatic rings. The number of anilines is 1. The van der Waals surface area contributed by atoms with Crippen molar-refractivity contribution in [1.82, 2.24) is 4.90 Å². The average molecular weight is 433 g/mol. The zero-order chi connectivity index (χ0) is 21.1. The fraction of sp³-hybridized carbons (Fsp3) is 0.150. The van der Waals surface area contributed by atoms with Gasteiger partial charge in [-0.25, -0.2) is 0 Å². The van der Waals surface area contributed by atoms with Crippen molar-refractivity contribution in [2.75, 3.05) is 25.7 Å². The van der Waals surface area contributed by atoms with Crippen molar-refractivity contribution in [2.45, 2.75) is 0 Å². The summed E-state index contributed by atoms with van der Waals surface area (Å²) >= 11 is 11.4. The van der Waals surface area contributed by atoms with Crippen LogP contribution in [0.4, 0.5) is 5.69 Å². The van der Waals surface area contributed by atoms with E-state index in [2.05, 4.69) is 0 Å². The summed E-state index contributed by atoms with van der Waals surface area (Å²) in [6.07, 6.45) is 1.56. The van der Waals surface area contributed by atoms with Gasteiger partial charge in [0.05, 0.1) is 19.9 Å². The molecule has 1 heterocycles. The van der Waals surface area contributed by atoms with Gasteiger partial charge in [-0.15, -0.1) is 0 Å². The summed E-state index contributed by atoms with van der Waals surface area (Å²) < 4.78 is 9.84. The van der Waals surface area contributed by atoms with E-state index in [1.807, 2.05) is 0 Å². The molecule has 150 valence electrons. The number of carbonyl (C=O) groups is 2. The molecule has 0 radical (unpaired) electrons. The molecule has 0 bridgehead atoms. The summed E-state index contributed by atoms with van der Waals surface area (Å²) in [7, 11) is 2.68. The molecule has 7 nitrogen and oxygen atoms in total. The average Bonchev–Trinajstić information content (AvgIpc) is 2.94. The number of rotatable bonds is 5. The van der Waals surface area contributed by atoms with Crippen LogP contribution in [-0.2, 0) is 14.3 Å². The van der Waals surface area contributed by atoms with Crippen LogP contribution in [0.25, 0.3) is 6.08 Å². The SMILES string of the molecule is COC(=O)CN1C(=S)N(c2ccc(Cl)cc2)C(=O)/C1=C/c1ccc(O)c(OC)c1. The van der Waals surface area contributed by atoms with Crippen molar-refractivity contribution in [3.05, 3.63) is 58.7 Å². The molecule has 0 atom stereocenters. The molecule has 1 aliphatic heterocycles. The first-order valence-corrected chi connectivity index (χ1v) is 9.21. The number of hydrogen-bond donors (Lipinski definition) is 1. The number of amides is 1. The summed E-state index contributed by atoms with van der Waals surface area (Å²) in [4.78, 5) is 27.8. The Labute approximate surface area is 177 Å². The molecule has 1 N–H and O–H groups in total. The van der Waals surface area contributed by atoms with Gasteiger partial charge >= 0.3 is 5.97 Å². The predicted molar refractivity (Wildman–Crippen MR) is 113 cm³/mol. The first-order chi connectivity index (χ1) is 13.8. The number of halogens is 1. The van der Waals surface area contributed by atoms with Crippen LogP contribution in [0.2, 0.25) is 5.02 Å². The molecule has 1 amide bonds. The lowest BCUT2D eigenvalue weighted by molar-refractivity contribution is -0.140. The Hall–Kier alpha value is -3.10. The fourth-order valence-corrected chi connectivity index (χ4v) is 3.26. The van der Waals surface area contributed by atoms with Crippen molar-refractivity contribution in [3.63, 3.8) is 0 Å². The zero-order valence-corrected chi connectivity index (χ0v) is 17.2. The molecule has 1 saturated heterocycles. The van der Waals surface area contributed by atoms with Gasteiger partial charge in [0.2, 0.25) is 0 Å². The maximum atomic E-state index is 13.2. The number of ether oxygens (including phenoxy) is 2. The van der Waals surface area contributed by atoms with E-state index in [4.69, 9.17) is 33.3 Å². The number of esters is 1. The molecule has 1 aliphatic rings. The number of nitrogens with zero attached hydrogens (tertiary/aromatic N) is 2. The Kier molecular flexibility index (Phi) is 6.05. The van der Waals surface area contributed by atoms with E-state index in [1.165, 1.54) is 30.1 Å². The van der Waals surface area contributed by atoms with Crippen LogP contribution in [0.15, 0.2) is 48.2 Å². The molecular formula is C20H17ClN2O5S. The third-order valence-electron chi connectivity index (χ3n) is 4.24. The highest BCUT2D eigenvalue weighted by atomic mass is 35.5. The zero-order valence-electron chi connectivity index (χ0n) is 15.6. The first kappa shape index (κ1) is 20.6. The molecule has 0 aromatic heterocycles. The van der Waals surface area contributed by atoms with Crippen LogP contribution in [0, 0.1) is 0 Å². The quantitative estimate of drug-likeness (QED) is 0.441. The van der Waals surface area contributed by atoms with E-state index < -0.39 is 11.9 Å². The number of benzene rings is 2. The number of phenols is 1. The molecule has 3 rings (SSSR count). The lowest BCUT2D eigenvalue weighted by atomic mass is 10.1. The van der Waals surface area contributed by atoms with E-state index in [9.17, 15) is 14.7 Å². The number of methoxy groups -OCH3 is 2. The molecule has 2 aromatic carbocycles. The number of carbonyl (C=O) groups excluding carboxylic acids is 2. The van der Waals surface area contributed by atoms with Gasteiger partial charge in [0, 0.05) is 5.02 Å². The van der Waals surface area contributed by atoms with Crippen LogP contribution in [-0.4, -0.2) is 47.8 Å². The predicted octanol–water partition coefficient (Wildman–Crippen LogP) is 3.20. The van der Waals surface area contributed by atoms with Crippen molar-refractivity contribution in [1.29, 1.82) is 0 Å². The van der Waals surface area contributed by atoms with Crippen LogP contribution in [0.1, 0.15) is 5.56 Å². The van der Waals surface area contributed by atoms with Gasteiger partial charge < -0.3 is 19.5 Å². The minimum atomic E-state index is -0.549. The highest BCUT2D eigenvalue weighted by Gasteiger charge is 2.40. The first-order valence-electron chi connectivity index (χ1n) is 8.42. The van der Waals surface area contributed by atoms with Gasteiger partial charge in [-0.3, -0.25) is 14.5 Å². The molecule has 0 spiro atoms. The lowest BCUT2D eigenvalue weighted by Crippen LogP contribution is -2.35. The third kappa shape index (κ3) is 4.18. The third-order valence-corrected chi connectivity index (χ3v) is 4.90. The second-order valence-electron chi connectivity index (χ2n) is 6.02. The minimum absolute atomic E-state index is 0.0304. The van der Waals surface area contributed by atoms with Gasteiger partial charge in [0.25, 0.3) is 5.91 Å². The molecule has 1 fully saturated rings. The monoisotopic (exact) mass is 432 g/mol. The second kappa shape index (κ2) is 8.50. The Bertz CT molecular complexity index is 1010. The highest BCUT2D eigenvalue weighted by molar-refractivity contribution is 7.80. The molecule has 9 heteroatoms. The van der Waals surface area contributed by atoms with Crippen LogP contribution in [0.3, 0.4) is 0 Å². The lowest BCUT2D eigenvalue weighted by Gasteiger charge is -2.19. The van der Waals surface area contributed by atoms with E-state index in [0.29, 0.717) is 16.3 Å². The van der Waals surface area contributed by atoms with Gasteiger partial charge in [0.1, 0.15) is 12.2 Å². The Morgan fingerprint density at radius 2 is 1.90 bits per heavy atom. The van der Waals surface area contributed by atoms with Crippen LogP contribution < -0.4 is 9.64 Å². The van der Waals surface area contributed by atoms with Crippen LogP contribution >= 0.6 is 23.8 Å². The topological polar surface area (TPSA) is 79.3 Å². The Morgan fingerprint density at radius 3 is 2.52 bits per heavy atom. The highest BCUT2D eigenvalue weighted by Crippen LogP contribution is 2.32. The standard InChI is InChI=1S/C20H17ClN2O5S/c1-27-17-10-12(3-8-16(17)24)9-15-19(26)23(14-6-4-13(21)5-7-14)20(29)22(15)11-18(25)28-2/h3-10,24H,11H2,1-2H3/b15-9-. The largest absolute Gasteiger partial charge is 0.504 e. The van der Waals surface area contributed by atoms with Gasteiger partial charge in [-0.05, 0) is 60.3 Å². The maximum Gasteiger partial charge on any atom is 0.325 e. The molecule has 0 saturated carbocycles. The molecule has 29 heavy (non-hydrogen) atoms. The van der Waals surface area contributed by atoms with Crippen molar-refractivity contribution >= 4 is 52.6 Å².